The number of nitrogens with zero attached hydrogens (tertiary/aromatic N) is 2. The van der Waals surface area contributed by atoms with Crippen molar-refractivity contribution < 1.29 is 19.4 Å². The third kappa shape index (κ3) is 4.63. The third-order valence-electron chi connectivity index (χ3n) is 6.01. The summed E-state index contributed by atoms with van der Waals surface area (Å²) in [6.45, 7) is 5.07. The van der Waals surface area contributed by atoms with E-state index < -0.39 is 6.10 Å². The van der Waals surface area contributed by atoms with Gasteiger partial charge in [0.05, 0.1) is 29.5 Å². The minimum atomic E-state index is -0.470. The second-order valence-electron chi connectivity index (χ2n) is 8.01. The average molecular weight is 417 g/mol. The number of carbonyl (C=O) groups is 1. The van der Waals surface area contributed by atoms with Crippen LogP contribution in [0, 0.1) is 11.8 Å². The highest BCUT2D eigenvalue weighted by molar-refractivity contribution is 7.09. The van der Waals surface area contributed by atoms with Crippen LogP contribution >= 0.6 is 11.3 Å². The maximum Gasteiger partial charge on any atom is 0.337 e. The first-order valence-corrected chi connectivity index (χ1v) is 11.1. The number of hydrogen-bond donors (Lipinski definition) is 1. The standard InChI is InChI=1S/C22H28N2O4S/c1-3-21-23-17(13-29-21)12-24-10-15-8-19(25)20(9-16(15)11-24)28-18-6-4-14(5-7-18)22(26)27-2/h4-7,13,15-16,19-20,25H,3,8-12H2,1-2H3/t15-,16+,19+,20+/m0/s1. The zero-order valence-electron chi connectivity index (χ0n) is 16.9. The molecule has 0 spiro atoms. The van der Waals surface area contributed by atoms with Crippen LogP contribution in [0.15, 0.2) is 29.6 Å². The predicted octanol–water partition coefficient (Wildman–Crippen LogP) is 3.14. The molecule has 29 heavy (non-hydrogen) atoms. The summed E-state index contributed by atoms with van der Waals surface area (Å²) >= 11 is 1.74. The zero-order valence-corrected chi connectivity index (χ0v) is 17.7. The molecule has 0 unspecified atom stereocenters. The molecule has 1 aliphatic heterocycles. The first-order valence-electron chi connectivity index (χ1n) is 10.2. The molecule has 1 aromatic heterocycles. The van der Waals surface area contributed by atoms with Gasteiger partial charge in [-0.3, -0.25) is 4.90 Å². The van der Waals surface area contributed by atoms with Crippen molar-refractivity contribution in [3.63, 3.8) is 0 Å². The van der Waals surface area contributed by atoms with E-state index in [-0.39, 0.29) is 12.1 Å². The fraction of sp³-hybridized carbons (Fsp3) is 0.545. The first-order chi connectivity index (χ1) is 14.1. The lowest BCUT2D eigenvalue weighted by Gasteiger charge is -2.35. The van der Waals surface area contributed by atoms with E-state index in [4.69, 9.17) is 14.5 Å². The van der Waals surface area contributed by atoms with E-state index in [0.717, 1.165) is 44.6 Å². The third-order valence-corrected chi connectivity index (χ3v) is 7.05. The summed E-state index contributed by atoms with van der Waals surface area (Å²) < 4.78 is 10.8. The molecule has 1 N–H and O–H groups in total. The molecule has 7 heteroatoms. The highest BCUT2D eigenvalue weighted by atomic mass is 32.1. The van der Waals surface area contributed by atoms with Gasteiger partial charge in [0.2, 0.25) is 0 Å². The highest BCUT2D eigenvalue weighted by Crippen LogP contribution is 2.38. The van der Waals surface area contributed by atoms with Crippen LogP contribution < -0.4 is 4.74 Å². The minimum absolute atomic E-state index is 0.217. The quantitative estimate of drug-likeness (QED) is 0.730. The van der Waals surface area contributed by atoms with Gasteiger partial charge in [0.25, 0.3) is 0 Å². The average Bonchev–Trinajstić information content (AvgIpc) is 3.34. The molecule has 2 heterocycles. The number of aryl methyl sites for hydroxylation is 1. The van der Waals surface area contributed by atoms with Crippen molar-refractivity contribution in [2.24, 2.45) is 11.8 Å². The number of aliphatic hydroxyl groups excluding tert-OH is 1. The Bertz CT molecular complexity index is 838. The number of fused-ring (bicyclic) bond motifs is 1. The van der Waals surface area contributed by atoms with Crippen LogP contribution in [0.5, 0.6) is 5.75 Å². The van der Waals surface area contributed by atoms with Gasteiger partial charge in [0.15, 0.2) is 0 Å². The molecule has 1 aromatic carbocycles. The van der Waals surface area contributed by atoms with Crippen molar-refractivity contribution in [1.82, 2.24) is 9.88 Å². The number of ether oxygens (including phenoxy) is 2. The molecular formula is C22H28N2O4S. The highest BCUT2D eigenvalue weighted by Gasteiger charge is 2.42. The van der Waals surface area contributed by atoms with E-state index in [0.29, 0.717) is 23.1 Å². The van der Waals surface area contributed by atoms with Gasteiger partial charge < -0.3 is 14.6 Å². The molecule has 0 amide bonds. The van der Waals surface area contributed by atoms with E-state index in [1.165, 1.54) is 12.1 Å². The molecule has 4 rings (SSSR count). The Labute approximate surface area is 175 Å². The second-order valence-corrected chi connectivity index (χ2v) is 8.95. The summed E-state index contributed by atoms with van der Waals surface area (Å²) in [4.78, 5) is 18.7. The van der Waals surface area contributed by atoms with Crippen molar-refractivity contribution in [3.8, 4) is 5.75 Å². The van der Waals surface area contributed by atoms with Gasteiger partial charge in [0.1, 0.15) is 11.9 Å². The molecule has 4 atom stereocenters. The Kier molecular flexibility index (Phi) is 6.18. The van der Waals surface area contributed by atoms with Crippen molar-refractivity contribution in [2.75, 3.05) is 20.2 Å². The largest absolute Gasteiger partial charge is 0.488 e. The molecule has 6 nitrogen and oxygen atoms in total. The summed E-state index contributed by atoms with van der Waals surface area (Å²) in [6, 6.07) is 6.91. The predicted molar refractivity (Wildman–Crippen MR) is 111 cm³/mol. The van der Waals surface area contributed by atoms with Crippen LogP contribution in [-0.4, -0.2) is 53.4 Å². The Hall–Kier alpha value is -1.96. The fourth-order valence-corrected chi connectivity index (χ4v) is 5.25. The number of rotatable bonds is 6. The molecule has 156 valence electrons. The maximum atomic E-state index is 11.6. The van der Waals surface area contributed by atoms with Crippen molar-refractivity contribution in [1.29, 1.82) is 0 Å². The van der Waals surface area contributed by atoms with Crippen LogP contribution in [0.25, 0.3) is 0 Å². The van der Waals surface area contributed by atoms with E-state index in [1.54, 1.807) is 35.6 Å². The fourth-order valence-electron chi connectivity index (χ4n) is 4.52. The number of aromatic nitrogens is 1. The number of aliphatic hydroxyl groups is 1. The molecule has 2 fully saturated rings. The number of carbonyl (C=O) groups excluding carboxylic acids is 1. The topological polar surface area (TPSA) is 71.9 Å². The van der Waals surface area contributed by atoms with E-state index >= 15 is 0 Å². The minimum Gasteiger partial charge on any atom is -0.488 e. The molecule has 0 bridgehead atoms. The Balaban J connectivity index is 1.34. The lowest BCUT2D eigenvalue weighted by molar-refractivity contribution is -0.0231. The molecule has 1 aliphatic carbocycles. The Morgan fingerprint density at radius 1 is 1.24 bits per heavy atom. The van der Waals surface area contributed by atoms with Crippen molar-refractivity contribution in [2.45, 2.75) is 44.9 Å². The molecule has 2 aromatic rings. The van der Waals surface area contributed by atoms with Crippen LogP contribution in [0.2, 0.25) is 0 Å². The summed E-state index contributed by atoms with van der Waals surface area (Å²) in [5.74, 6) is 1.34. The Morgan fingerprint density at radius 2 is 1.97 bits per heavy atom. The second kappa shape index (κ2) is 8.81. The smallest absolute Gasteiger partial charge is 0.337 e. The number of thiazole rings is 1. The molecular weight excluding hydrogens is 388 g/mol. The number of hydrogen-bond acceptors (Lipinski definition) is 7. The summed E-state index contributed by atoms with van der Waals surface area (Å²) in [5.41, 5.74) is 1.65. The maximum absolute atomic E-state index is 11.6. The number of benzene rings is 1. The summed E-state index contributed by atoms with van der Waals surface area (Å²) in [6.07, 6.45) is 1.91. The molecule has 2 aliphatic rings. The van der Waals surface area contributed by atoms with Crippen LogP contribution in [0.4, 0.5) is 0 Å². The van der Waals surface area contributed by atoms with Gasteiger partial charge >= 0.3 is 5.97 Å². The summed E-state index contributed by atoms with van der Waals surface area (Å²) in [7, 11) is 1.36. The lowest BCUT2D eigenvalue weighted by atomic mass is 9.78. The van der Waals surface area contributed by atoms with Gasteiger partial charge in [-0.2, -0.15) is 0 Å². The van der Waals surface area contributed by atoms with Gasteiger partial charge in [-0.05, 0) is 55.4 Å². The molecule has 1 saturated heterocycles. The monoisotopic (exact) mass is 416 g/mol. The van der Waals surface area contributed by atoms with Gasteiger partial charge in [-0.25, -0.2) is 9.78 Å². The van der Waals surface area contributed by atoms with Gasteiger partial charge in [0, 0.05) is 25.0 Å². The molecule has 1 saturated carbocycles. The number of likely N-dealkylation sites (tertiary alicyclic amines) is 1. The van der Waals surface area contributed by atoms with E-state index in [9.17, 15) is 9.90 Å². The van der Waals surface area contributed by atoms with Crippen LogP contribution in [0.1, 0.15) is 40.8 Å². The van der Waals surface area contributed by atoms with E-state index in [2.05, 4.69) is 17.2 Å². The Morgan fingerprint density at radius 3 is 2.62 bits per heavy atom. The van der Waals surface area contributed by atoms with Gasteiger partial charge in [-0.15, -0.1) is 11.3 Å². The number of esters is 1. The van der Waals surface area contributed by atoms with Crippen molar-refractivity contribution >= 4 is 17.3 Å². The normalized spacial score (nSPS) is 26.9. The number of methoxy groups -OCH3 is 1. The van der Waals surface area contributed by atoms with Gasteiger partial charge in [-0.1, -0.05) is 6.92 Å². The SMILES string of the molecule is CCc1nc(CN2C[C@H]3C[C@@H](Oc4ccc(C(=O)OC)cc4)[C@H](O)C[C@H]3C2)cs1. The summed E-state index contributed by atoms with van der Waals surface area (Å²) in [5, 5.41) is 14.0. The lowest BCUT2D eigenvalue weighted by Crippen LogP contribution is -2.42. The zero-order chi connectivity index (χ0) is 20.4. The van der Waals surface area contributed by atoms with E-state index in [1.807, 2.05) is 0 Å². The van der Waals surface area contributed by atoms with Crippen LogP contribution in [0.3, 0.4) is 0 Å². The molecule has 0 radical (unpaired) electrons. The van der Waals surface area contributed by atoms with Crippen molar-refractivity contribution in [3.05, 3.63) is 45.9 Å². The first kappa shape index (κ1) is 20.3. The van der Waals surface area contributed by atoms with Crippen LogP contribution in [-0.2, 0) is 17.7 Å².